The minimum atomic E-state index is -2.79. The van der Waals surface area contributed by atoms with E-state index in [1.807, 2.05) is 0 Å². The predicted molar refractivity (Wildman–Crippen MR) is 78.2 cm³/mol. The zero-order valence-electron chi connectivity index (χ0n) is 11.8. The van der Waals surface area contributed by atoms with Crippen LogP contribution in [-0.2, 0) is 11.3 Å². The monoisotopic (exact) mass is 318 g/mol. The second-order valence-corrected chi connectivity index (χ2v) is 4.79. The van der Waals surface area contributed by atoms with Gasteiger partial charge < -0.3 is 9.84 Å². The maximum Gasteiger partial charge on any atom is 0.338 e. The highest BCUT2D eigenvalue weighted by molar-refractivity contribution is 5.89. The highest BCUT2D eigenvalue weighted by Crippen LogP contribution is 2.23. The molecule has 23 heavy (non-hydrogen) atoms. The quantitative estimate of drug-likeness (QED) is 0.748. The molecule has 0 aliphatic heterocycles. The summed E-state index contributed by atoms with van der Waals surface area (Å²) in [6, 6.07) is 11.9. The molecule has 0 aliphatic rings. The summed E-state index contributed by atoms with van der Waals surface area (Å²) in [4.78, 5) is 16.0. The fourth-order valence-corrected chi connectivity index (χ4v) is 2.22. The van der Waals surface area contributed by atoms with E-state index in [9.17, 15) is 18.7 Å². The van der Waals surface area contributed by atoms with Crippen molar-refractivity contribution in [3.05, 3.63) is 59.9 Å². The second kappa shape index (κ2) is 6.04. The molecular weight excluding hydrogens is 306 g/mol. The van der Waals surface area contributed by atoms with Crippen molar-refractivity contribution in [2.24, 2.45) is 0 Å². The Morgan fingerprint density at radius 2 is 1.87 bits per heavy atom. The molecule has 0 amide bonds. The number of rotatable bonds is 4. The summed E-state index contributed by atoms with van der Waals surface area (Å²) in [7, 11) is 0. The number of aromatic hydroxyl groups is 1. The van der Waals surface area contributed by atoms with Crippen molar-refractivity contribution in [1.29, 1.82) is 0 Å². The number of halogens is 2. The lowest BCUT2D eigenvalue weighted by atomic mass is 10.2. The van der Waals surface area contributed by atoms with Crippen molar-refractivity contribution < 1.29 is 23.4 Å². The summed E-state index contributed by atoms with van der Waals surface area (Å²) in [6.45, 7) is -3.16. The Bertz CT molecular complexity index is 844. The van der Waals surface area contributed by atoms with Gasteiger partial charge in [0.15, 0.2) is 5.82 Å². The van der Waals surface area contributed by atoms with Gasteiger partial charge in [0, 0.05) is 0 Å². The van der Waals surface area contributed by atoms with Gasteiger partial charge in [0.25, 0.3) is 0 Å². The minimum Gasteiger partial charge on any atom is -0.508 e. The average Bonchev–Trinajstić information content (AvgIpc) is 2.91. The summed E-state index contributed by atoms with van der Waals surface area (Å²) >= 11 is 0. The van der Waals surface area contributed by atoms with Gasteiger partial charge in [-0.15, -0.1) is 0 Å². The number of nitrogens with zero attached hydrogens (tertiary/aromatic N) is 2. The lowest BCUT2D eigenvalue weighted by Gasteiger charge is -2.08. The molecule has 0 saturated carbocycles. The standard InChI is InChI=1S/C16H12F2N2O3/c17-16(18)20-13-4-2-1-3-12(13)19-14(20)9-23-15(22)10-5-7-11(21)8-6-10/h1-8,16,21H,9H2. The van der Waals surface area contributed by atoms with Crippen LogP contribution in [-0.4, -0.2) is 20.6 Å². The number of hydrogen-bond donors (Lipinski definition) is 1. The third kappa shape index (κ3) is 2.98. The lowest BCUT2D eigenvalue weighted by Crippen LogP contribution is -2.10. The number of hydrogen-bond acceptors (Lipinski definition) is 4. The molecule has 1 aromatic heterocycles. The fraction of sp³-hybridized carbons (Fsp3) is 0.125. The molecular formula is C16H12F2N2O3. The first-order chi connectivity index (χ1) is 11.1. The van der Waals surface area contributed by atoms with E-state index in [0.29, 0.717) is 5.52 Å². The van der Waals surface area contributed by atoms with Crippen LogP contribution in [0.25, 0.3) is 11.0 Å². The van der Waals surface area contributed by atoms with Gasteiger partial charge in [-0.2, -0.15) is 8.78 Å². The normalized spacial score (nSPS) is 11.1. The van der Waals surface area contributed by atoms with Crippen LogP contribution in [0.1, 0.15) is 22.7 Å². The molecule has 0 aliphatic carbocycles. The maximum atomic E-state index is 13.2. The first kappa shape index (κ1) is 15.0. The van der Waals surface area contributed by atoms with Crippen LogP contribution in [0.5, 0.6) is 5.75 Å². The molecule has 3 rings (SSSR count). The van der Waals surface area contributed by atoms with Gasteiger partial charge >= 0.3 is 12.5 Å². The molecule has 0 unspecified atom stereocenters. The minimum absolute atomic E-state index is 0.0149. The predicted octanol–water partition coefficient (Wildman–Crippen LogP) is 3.49. The molecule has 1 N–H and O–H groups in total. The van der Waals surface area contributed by atoms with E-state index in [2.05, 4.69) is 4.98 Å². The summed E-state index contributed by atoms with van der Waals surface area (Å²) < 4.78 is 32.2. The van der Waals surface area contributed by atoms with Crippen molar-refractivity contribution in [2.75, 3.05) is 0 Å². The summed E-state index contributed by atoms with van der Waals surface area (Å²) in [6.07, 6.45) is 0. The van der Waals surface area contributed by atoms with Gasteiger partial charge in [0.2, 0.25) is 0 Å². The van der Waals surface area contributed by atoms with Crippen LogP contribution in [0.15, 0.2) is 48.5 Å². The number of phenolic OH excluding ortho intramolecular Hbond substituents is 1. The fourth-order valence-electron chi connectivity index (χ4n) is 2.22. The summed E-state index contributed by atoms with van der Waals surface area (Å²) in [5.74, 6) is -0.702. The topological polar surface area (TPSA) is 64.3 Å². The number of esters is 1. The van der Waals surface area contributed by atoms with Crippen LogP contribution >= 0.6 is 0 Å². The van der Waals surface area contributed by atoms with Gasteiger partial charge in [-0.3, -0.25) is 4.57 Å². The number of carbonyl (C=O) groups excluding carboxylic acids is 1. The SMILES string of the molecule is O=C(OCc1nc2ccccc2n1C(F)F)c1ccc(O)cc1. The second-order valence-electron chi connectivity index (χ2n) is 4.79. The smallest absolute Gasteiger partial charge is 0.338 e. The average molecular weight is 318 g/mol. The lowest BCUT2D eigenvalue weighted by molar-refractivity contribution is 0.0387. The zero-order valence-corrected chi connectivity index (χ0v) is 11.8. The number of fused-ring (bicyclic) bond motifs is 1. The molecule has 2 aromatic carbocycles. The Hall–Kier alpha value is -2.96. The van der Waals surface area contributed by atoms with Crippen molar-refractivity contribution >= 4 is 17.0 Å². The van der Waals surface area contributed by atoms with E-state index in [-0.39, 0.29) is 29.3 Å². The summed E-state index contributed by atoms with van der Waals surface area (Å²) in [5.41, 5.74) is 0.893. The highest BCUT2D eigenvalue weighted by atomic mass is 19.3. The summed E-state index contributed by atoms with van der Waals surface area (Å²) in [5, 5.41) is 9.18. The van der Waals surface area contributed by atoms with E-state index in [1.165, 1.54) is 30.3 Å². The van der Waals surface area contributed by atoms with Crippen LogP contribution < -0.4 is 0 Å². The Kier molecular flexibility index (Phi) is 3.92. The van der Waals surface area contributed by atoms with Crippen LogP contribution in [0.2, 0.25) is 0 Å². The number of para-hydroxylation sites is 2. The van der Waals surface area contributed by atoms with Crippen LogP contribution in [0.4, 0.5) is 8.78 Å². The maximum absolute atomic E-state index is 13.2. The number of aromatic nitrogens is 2. The molecule has 0 fully saturated rings. The van der Waals surface area contributed by atoms with Crippen LogP contribution in [0, 0.1) is 0 Å². The number of alkyl halides is 2. The molecule has 0 saturated heterocycles. The Balaban J connectivity index is 1.83. The third-order valence-electron chi connectivity index (χ3n) is 3.30. The Labute approximate surface area is 129 Å². The van der Waals surface area contributed by atoms with Gasteiger partial charge in [-0.05, 0) is 36.4 Å². The number of imidazole rings is 1. The number of ether oxygens (including phenoxy) is 1. The molecule has 5 nitrogen and oxygen atoms in total. The zero-order chi connectivity index (χ0) is 16.4. The molecule has 7 heteroatoms. The van der Waals surface area contributed by atoms with E-state index in [1.54, 1.807) is 18.2 Å². The van der Waals surface area contributed by atoms with Crippen molar-refractivity contribution in [3.63, 3.8) is 0 Å². The highest BCUT2D eigenvalue weighted by Gasteiger charge is 2.19. The van der Waals surface area contributed by atoms with Crippen LogP contribution in [0.3, 0.4) is 0 Å². The first-order valence-corrected chi connectivity index (χ1v) is 6.76. The molecule has 1 heterocycles. The van der Waals surface area contributed by atoms with Gasteiger partial charge in [0.1, 0.15) is 12.4 Å². The van der Waals surface area contributed by atoms with E-state index >= 15 is 0 Å². The van der Waals surface area contributed by atoms with Crippen molar-refractivity contribution in [2.45, 2.75) is 13.2 Å². The first-order valence-electron chi connectivity index (χ1n) is 6.76. The van der Waals surface area contributed by atoms with E-state index in [0.717, 1.165) is 4.57 Å². The third-order valence-corrected chi connectivity index (χ3v) is 3.30. The Morgan fingerprint density at radius 3 is 2.57 bits per heavy atom. The molecule has 0 spiro atoms. The molecule has 0 bridgehead atoms. The van der Waals surface area contributed by atoms with E-state index in [4.69, 9.17) is 4.74 Å². The largest absolute Gasteiger partial charge is 0.508 e. The molecule has 0 atom stereocenters. The van der Waals surface area contributed by atoms with Gasteiger partial charge in [-0.1, -0.05) is 12.1 Å². The van der Waals surface area contributed by atoms with Gasteiger partial charge in [0.05, 0.1) is 16.6 Å². The van der Waals surface area contributed by atoms with Gasteiger partial charge in [-0.25, -0.2) is 9.78 Å². The number of phenols is 1. The number of carbonyl (C=O) groups is 1. The Morgan fingerprint density at radius 1 is 1.17 bits per heavy atom. The van der Waals surface area contributed by atoms with E-state index < -0.39 is 12.5 Å². The molecule has 118 valence electrons. The van der Waals surface area contributed by atoms with Crippen molar-refractivity contribution in [1.82, 2.24) is 9.55 Å². The molecule has 3 aromatic rings. The molecule has 0 radical (unpaired) electrons. The van der Waals surface area contributed by atoms with Crippen molar-refractivity contribution in [3.8, 4) is 5.75 Å². The number of benzene rings is 2.